The summed E-state index contributed by atoms with van der Waals surface area (Å²) in [5, 5.41) is 3.06. The SMILES string of the molecule is CCOc1ccc(C(=O)N2CCC(NC(=O)c3ccc(-n4ccnc4)nc3)CC2)cc1. The maximum atomic E-state index is 12.7. The molecule has 1 saturated heterocycles. The summed E-state index contributed by atoms with van der Waals surface area (Å²) >= 11 is 0. The Hall–Kier alpha value is -3.68. The quantitative estimate of drug-likeness (QED) is 0.664. The number of rotatable bonds is 6. The number of pyridine rings is 1. The van der Waals surface area contributed by atoms with Crippen LogP contribution in [0.4, 0.5) is 0 Å². The van der Waals surface area contributed by atoms with Crippen molar-refractivity contribution in [1.82, 2.24) is 24.8 Å². The molecular formula is C23H25N5O3. The summed E-state index contributed by atoms with van der Waals surface area (Å²) in [5.74, 6) is 1.32. The van der Waals surface area contributed by atoms with Gasteiger partial charge in [0, 0.05) is 43.3 Å². The van der Waals surface area contributed by atoms with Crippen LogP contribution in [0.2, 0.25) is 0 Å². The molecule has 1 aromatic carbocycles. The van der Waals surface area contributed by atoms with Gasteiger partial charge in [-0.15, -0.1) is 0 Å². The molecule has 1 aliphatic rings. The average molecular weight is 419 g/mol. The first-order valence-electron chi connectivity index (χ1n) is 10.4. The van der Waals surface area contributed by atoms with E-state index in [9.17, 15) is 9.59 Å². The highest BCUT2D eigenvalue weighted by atomic mass is 16.5. The lowest BCUT2D eigenvalue weighted by Gasteiger charge is -2.32. The summed E-state index contributed by atoms with van der Waals surface area (Å²) in [5.41, 5.74) is 1.16. The molecule has 2 aromatic heterocycles. The highest BCUT2D eigenvalue weighted by Gasteiger charge is 2.25. The molecule has 8 nitrogen and oxygen atoms in total. The van der Waals surface area contributed by atoms with Crippen LogP contribution in [0.25, 0.3) is 5.82 Å². The predicted molar refractivity (Wildman–Crippen MR) is 115 cm³/mol. The van der Waals surface area contributed by atoms with E-state index in [-0.39, 0.29) is 17.9 Å². The molecule has 160 valence electrons. The molecule has 1 aliphatic heterocycles. The topological polar surface area (TPSA) is 89.4 Å². The van der Waals surface area contributed by atoms with E-state index in [4.69, 9.17) is 4.74 Å². The Morgan fingerprint density at radius 1 is 1.10 bits per heavy atom. The van der Waals surface area contributed by atoms with Crippen molar-refractivity contribution in [2.24, 2.45) is 0 Å². The molecular weight excluding hydrogens is 394 g/mol. The van der Waals surface area contributed by atoms with Crippen molar-refractivity contribution in [3.8, 4) is 11.6 Å². The summed E-state index contributed by atoms with van der Waals surface area (Å²) in [7, 11) is 0. The Labute approximate surface area is 180 Å². The fraction of sp³-hybridized carbons (Fsp3) is 0.304. The first-order valence-corrected chi connectivity index (χ1v) is 10.4. The number of carbonyl (C=O) groups excluding carboxylic acids is 2. The molecule has 1 fully saturated rings. The third kappa shape index (κ3) is 4.91. The van der Waals surface area contributed by atoms with Crippen LogP contribution in [0.15, 0.2) is 61.3 Å². The standard InChI is InChI=1S/C23H25N5O3/c1-2-31-20-6-3-17(4-7-20)23(30)27-12-9-19(10-13-27)26-22(29)18-5-8-21(25-15-18)28-14-11-24-16-28/h3-8,11,14-16,19H,2,9-10,12-13H2,1H3,(H,26,29). The fourth-order valence-electron chi connectivity index (χ4n) is 3.61. The highest BCUT2D eigenvalue weighted by Crippen LogP contribution is 2.17. The predicted octanol–water partition coefficient (Wildman–Crippen LogP) is 2.70. The second-order valence-corrected chi connectivity index (χ2v) is 7.37. The average Bonchev–Trinajstić information content (AvgIpc) is 3.35. The summed E-state index contributed by atoms with van der Waals surface area (Å²) in [6, 6.07) is 10.8. The zero-order valence-corrected chi connectivity index (χ0v) is 17.4. The monoisotopic (exact) mass is 419 g/mol. The van der Waals surface area contributed by atoms with Gasteiger partial charge in [0.15, 0.2) is 0 Å². The molecule has 4 rings (SSSR count). The van der Waals surface area contributed by atoms with Crippen LogP contribution < -0.4 is 10.1 Å². The minimum Gasteiger partial charge on any atom is -0.494 e. The number of nitrogens with one attached hydrogen (secondary N) is 1. The van der Waals surface area contributed by atoms with E-state index >= 15 is 0 Å². The normalized spacial score (nSPS) is 14.3. The minimum absolute atomic E-state index is 0.00659. The van der Waals surface area contributed by atoms with Crippen molar-refractivity contribution >= 4 is 11.8 Å². The van der Waals surface area contributed by atoms with Gasteiger partial charge in [-0.1, -0.05) is 0 Å². The number of ether oxygens (including phenoxy) is 1. The minimum atomic E-state index is -0.152. The molecule has 0 atom stereocenters. The Morgan fingerprint density at radius 3 is 2.45 bits per heavy atom. The van der Waals surface area contributed by atoms with Crippen LogP contribution in [0, 0.1) is 0 Å². The van der Waals surface area contributed by atoms with Crippen LogP contribution in [-0.2, 0) is 0 Å². The molecule has 1 N–H and O–H groups in total. The molecule has 0 aliphatic carbocycles. The van der Waals surface area contributed by atoms with Gasteiger partial charge >= 0.3 is 0 Å². The summed E-state index contributed by atoms with van der Waals surface area (Å²) in [6.07, 6.45) is 8.13. The van der Waals surface area contributed by atoms with Gasteiger partial charge in [-0.25, -0.2) is 9.97 Å². The van der Waals surface area contributed by atoms with Crippen LogP contribution in [0.5, 0.6) is 5.75 Å². The molecule has 0 saturated carbocycles. The Balaban J connectivity index is 1.28. The van der Waals surface area contributed by atoms with E-state index in [1.807, 2.05) is 24.0 Å². The number of benzene rings is 1. The zero-order chi connectivity index (χ0) is 21.6. The number of nitrogens with zero attached hydrogens (tertiary/aromatic N) is 4. The smallest absolute Gasteiger partial charge is 0.253 e. The first kappa shape index (κ1) is 20.6. The van der Waals surface area contributed by atoms with E-state index in [1.54, 1.807) is 53.8 Å². The number of imidazole rings is 1. The van der Waals surface area contributed by atoms with Gasteiger partial charge < -0.3 is 15.0 Å². The molecule has 0 unspecified atom stereocenters. The lowest BCUT2D eigenvalue weighted by Crippen LogP contribution is -2.46. The number of hydrogen-bond acceptors (Lipinski definition) is 5. The Kier molecular flexibility index (Phi) is 6.26. The van der Waals surface area contributed by atoms with Gasteiger partial charge in [-0.2, -0.15) is 0 Å². The molecule has 0 bridgehead atoms. The Bertz CT molecular complexity index is 1010. The maximum absolute atomic E-state index is 12.7. The summed E-state index contributed by atoms with van der Waals surface area (Å²) in [4.78, 5) is 35.4. The van der Waals surface area contributed by atoms with E-state index in [2.05, 4.69) is 15.3 Å². The van der Waals surface area contributed by atoms with Crippen molar-refractivity contribution in [3.05, 3.63) is 72.4 Å². The van der Waals surface area contributed by atoms with Gasteiger partial charge in [-0.05, 0) is 56.2 Å². The lowest BCUT2D eigenvalue weighted by atomic mass is 10.0. The molecule has 0 radical (unpaired) electrons. The molecule has 2 amide bonds. The summed E-state index contributed by atoms with van der Waals surface area (Å²) < 4.78 is 7.20. The van der Waals surface area contributed by atoms with Crippen molar-refractivity contribution in [3.63, 3.8) is 0 Å². The van der Waals surface area contributed by atoms with Crippen LogP contribution in [-0.4, -0.2) is 57.0 Å². The van der Waals surface area contributed by atoms with Gasteiger partial charge in [0.2, 0.25) is 0 Å². The van der Waals surface area contributed by atoms with Crippen molar-refractivity contribution in [1.29, 1.82) is 0 Å². The van der Waals surface area contributed by atoms with E-state index in [0.29, 0.717) is 36.6 Å². The molecule has 31 heavy (non-hydrogen) atoms. The van der Waals surface area contributed by atoms with Gasteiger partial charge in [0.1, 0.15) is 17.9 Å². The highest BCUT2D eigenvalue weighted by molar-refractivity contribution is 5.95. The third-order valence-electron chi connectivity index (χ3n) is 5.31. The molecule has 0 spiro atoms. The van der Waals surface area contributed by atoms with Crippen LogP contribution in [0.1, 0.15) is 40.5 Å². The van der Waals surface area contributed by atoms with Gasteiger partial charge in [0.25, 0.3) is 11.8 Å². The number of hydrogen-bond donors (Lipinski definition) is 1. The summed E-state index contributed by atoms with van der Waals surface area (Å²) in [6.45, 7) is 3.73. The first-order chi connectivity index (χ1) is 15.1. The molecule has 3 heterocycles. The molecule has 3 aromatic rings. The number of carbonyl (C=O) groups is 2. The lowest BCUT2D eigenvalue weighted by molar-refractivity contribution is 0.0698. The van der Waals surface area contributed by atoms with E-state index in [1.165, 1.54) is 0 Å². The zero-order valence-electron chi connectivity index (χ0n) is 17.4. The second kappa shape index (κ2) is 9.42. The van der Waals surface area contributed by atoms with Crippen molar-refractivity contribution < 1.29 is 14.3 Å². The number of aromatic nitrogens is 3. The third-order valence-corrected chi connectivity index (χ3v) is 5.31. The van der Waals surface area contributed by atoms with E-state index in [0.717, 1.165) is 18.6 Å². The van der Waals surface area contributed by atoms with Gasteiger partial charge in [-0.3, -0.25) is 14.2 Å². The number of likely N-dealkylation sites (tertiary alicyclic amines) is 1. The van der Waals surface area contributed by atoms with E-state index < -0.39 is 0 Å². The van der Waals surface area contributed by atoms with Crippen molar-refractivity contribution in [2.45, 2.75) is 25.8 Å². The van der Waals surface area contributed by atoms with Gasteiger partial charge in [0.05, 0.1) is 12.2 Å². The van der Waals surface area contributed by atoms with Crippen LogP contribution in [0.3, 0.4) is 0 Å². The van der Waals surface area contributed by atoms with Crippen LogP contribution >= 0.6 is 0 Å². The van der Waals surface area contributed by atoms with Crippen molar-refractivity contribution in [2.75, 3.05) is 19.7 Å². The largest absolute Gasteiger partial charge is 0.494 e. The second-order valence-electron chi connectivity index (χ2n) is 7.37. The number of amides is 2. The number of piperidine rings is 1. The fourth-order valence-corrected chi connectivity index (χ4v) is 3.61. The maximum Gasteiger partial charge on any atom is 0.253 e. The molecule has 8 heteroatoms. The Morgan fingerprint density at radius 2 is 1.84 bits per heavy atom.